The van der Waals surface area contributed by atoms with E-state index < -0.39 is 0 Å². The van der Waals surface area contributed by atoms with Crippen molar-refractivity contribution >= 4 is 113 Å². The van der Waals surface area contributed by atoms with Gasteiger partial charge in [-0.2, -0.15) is 0 Å². The normalized spacial score (nSPS) is 13.1. The third kappa shape index (κ3) is 10.6. The van der Waals surface area contributed by atoms with Gasteiger partial charge in [0.05, 0.1) is 0 Å². The average molecular weight is 972 g/mol. The van der Waals surface area contributed by atoms with Gasteiger partial charge in [-0.1, -0.05) is 48.5 Å². The Morgan fingerprint density at radius 2 is 0.635 bits per heavy atom. The Morgan fingerprint density at radius 3 is 0.942 bits per heavy atom. The summed E-state index contributed by atoms with van der Waals surface area (Å²) in [6.07, 6.45) is 4.14. The number of imide groups is 2. The van der Waals surface area contributed by atoms with E-state index in [0.717, 1.165) is 86.5 Å². The molecule has 0 unspecified atom stereocenters. The molecular weight excluding hydrogens is 924 g/mol. The molecule has 0 saturated carbocycles. The number of hydrogen-bond donors (Lipinski definition) is 4. The molecule has 14 heteroatoms. The lowest BCUT2D eigenvalue weighted by Gasteiger charge is -2.27. The van der Waals surface area contributed by atoms with E-state index in [-0.39, 0.29) is 91.6 Å². The highest BCUT2D eigenvalue weighted by molar-refractivity contribution is 8.93. The molecule has 0 spiro atoms. The molecule has 10 nitrogen and oxygen atoms in total. The van der Waals surface area contributed by atoms with E-state index in [1.54, 1.807) is 24.3 Å². The smallest absolute Gasteiger partial charge is 0.261 e. The van der Waals surface area contributed by atoms with E-state index in [1.807, 2.05) is 48.5 Å². The van der Waals surface area contributed by atoms with Gasteiger partial charge < -0.3 is 21.3 Å². The van der Waals surface area contributed by atoms with Crippen LogP contribution in [0.4, 0.5) is 0 Å². The molecule has 0 bridgehead atoms. The Morgan fingerprint density at radius 1 is 0.365 bits per heavy atom. The van der Waals surface area contributed by atoms with Crippen molar-refractivity contribution in [2.24, 2.45) is 0 Å². The largest absolute Gasteiger partial charge is 0.317 e. The second-order valence-corrected chi connectivity index (χ2v) is 12.4. The summed E-state index contributed by atoms with van der Waals surface area (Å²) in [6.45, 7) is 7.26. The number of carbonyl (C=O) groups excluding carboxylic acids is 4. The lowest BCUT2D eigenvalue weighted by atomic mass is 9.94. The van der Waals surface area contributed by atoms with Crippen LogP contribution >= 0.6 is 67.9 Å². The first-order valence-corrected chi connectivity index (χ1v) is 17.1. The first kappa shape index (κ1) is 45.6. The highest BCUT2D eigenvalue weighted by Crippen LogP contribution is 2.31. The minimum absolute atomic E-state index is 0. The highest BCUT2D eigenvalue weighted by Gasteiger charge is 2.33. The minimum atomic E-state index is -0.217. The van der Waals surface area contributed by atoms with E-state index in [9.17, 15) is 19.2 Å². The van der Waals surface area contributed by atoms with Gasteiger partial charge in [0.15, 0.2) is 0 Å². The van der Waals surface area contributed by atoms with Crippen molar-refractivity contribution < 1.29 is 19.2 Å². The van der Waals surface area contributed by atoms with Gasteiger partial charge in [0.25, 0.3) is 23.6 Å². The fourth-order valence-corrected chi connectivity index (χ4v) is 6.63. The van der Waals surface area contributed by atoms with Crippen molar-refractivity contribution in [3.8, 4) is 0 Å². The summed E-state index contributed by atoms with van der Waals surface area (Å²) in [6, 6.07) is 22.4. The maximum Gasteiger partial charge on any atom is 0.261 e. The van der Waals surface area contributed by atoms with Crippen molar-refractivity contribution in [2.45, 2.75) is 25.7 Å². The second-order valence-electron chi connectivity index (χ2n) is 12.4. The molecule has 4 aromatic carbocycles. The number of hydrogen-bond acceptors (Lipinski definition) is 8. The molecule has 2 aliphatic rings. The summed E-state index contributed by atoms with van der Waals surface area (Å²) in [7, 11) is 0. The summed E-state index contributed by atoms with van der Waals surface area (Å²) in [5.41, 5.74) is 2.40. The van der Waals surface area contributed by atoms with Gasteiger partial charge in [-0.05, 0) is 100.0 Å². The zero-order chi connectivity index (χ0) is 33.3. The standard InChI is InChI=1S/C38H44N6O4.4BrH/c45-35-29-13-3-9-27-10-4-14-30(33(27)29)36(46)43(35)25-23-41-21-7-19-39-17-1-2-18-40-20-8-22-42-24-26-44-37(47)31-15-5-11-28-12-6-16-32(34(28)31)38(44)48;;;;/h3-6,9-16,39-42H,1-2,7-8,17-26H2;4*1H. The van der Waals surface area contributed by atoms with Crippen LogP contribution in [0, 0.1) is 0 Å². The van der Waals surface area contributed by atoms with Crippen LogP contribution in [0.5, 0.6) is 0 Å². The van der Waals surface area contributed by atoms with Crippen LogP contribution in [0.1, 0.15) is 67.1 Å². The fraction of sp³-hybridized carbons (Fsp3) is 0.368. The highest BCUT2D eigenvalue weighted by atomic mass is 79.9. The molecule has 6 rings (SSSR count). The minimum Gasteiger partial charge on any atom is -0.317 e. The molecule has 0 radical (unpaired) electrons. The van der Waals surface area contributed by atoms with Gasteiger partial charge in [-0.3, -0.25) is 29.0 Å². The van der Waals surface area contributed by atoms with E-state index in [4.69, 9.17) is 0 Å². The first-order valence-electron chi connectivity index (χ1n) is 17.1. The Labute approximate surface area is 347 Å². The molecular formula is C38H48Br4N6O4. The lowest BCUT2D eigenvalue weighted by molar-refractivity contribution is 0.0596. The Hall–Kier alpha value is -2.56. The van der Waals surface area contributed by atoms with Gasteiger partial charge in [-0.25, -0.2) is 0 Å². The second kappa shape index (κ2) is 22.6. The summed E-state index contributed by atoms with van der Waals surface area (Å²) in [4.78, 5) is 54.6. The van der Waals surface area contributed by atoms with Crippen molar-refractivity contribution in [3.05, 3.63) is 95.1 Å². The third-order valence-electron chi connectivity index (χ3n) is 9.11. The van der Waals surface area contributed by atoms with E-state index >= 15 is 0 Å². The summed E-state index contributed by atoms with van der Waals surface area (Å²) in [5.74, 6) is -0.870. The molecule has 2 aliphatic heterocycles. The monoisotopic (exact) mass is 968 g/mol. The average Bonchev–Trinajstić information content (AvgIpc) is 3.11. The molecule has 282 valence electrons. The van der Waals surface area contributed by atoms with Crippen molar-refractivity contribution in [1.82, 2.24) is 31.1 Å². The van der Waals surface area contributed by atoms with Crippen LogP contribution in [-0.4, -0.2) is 98.9 Å². The summed E-state index contributed by atoms with van der Waals surface area (Å²) in [5, 5.41) is 17.1. The number of unbranched alkanes of at least 4 members (excludes halogenated alkanes) is 1. The maximum atomic E-state index is 13.0. The zero-order valence-electron chi connectivity index (χ0n) is 29.0. The van der Waals surface area contributed by atoms with Crippen LogP contribution in [0.15, 0.2) is 72.8 Å². The number of carbonyl (C=O) groups is 4. The number of benzene rings is 4. The molecule has 0 aliphatic carbocycles. The Balaban J connectivity index is 0.00000234. The van der Waals surface area contributed by atoms with Crippen molar-refractivity contribution in [3.63, 3.8) is 0 Å². The number of nitrogens with one attached hydrogen (secondary N) is 4. The SMILES string of the molecule is Br.Br.Br.Br.O=C1c2cccc3cccc(c23)C(=O)N1CCNCCCNCCCCNCCCNCCN1C(=O)c2cccc3cccc(c23)C1=O. The zero-order valence-corrected chi connectivity index (χ0v) is 35.8. The van der Waals surface area contributed by atoms with Crippen molar-refractivity contribution in [1.29, 1.82) is 0 Å². The van der Waals surface area contributed by atoms with Gasteiger partial charge in [0, 0.05) is 59.2 Å². The molecule has 4 N–H and O–H groups in total. The lowest BCUT2D eigenvalue weighted by Crippen LogP contribution is -2.44. The van der Waals surface area contributed by atoms with Crippen molar-refractivity contribution in [2.75, 3.05) is 65.4 Å². The molecule has 0 atom stereocenters. The van der Waals surface area contributed by atoms with E-state index in [2.05, 4.69) is 21.3 Å². The quantitative estimate of drug-likeness (QED) is 0.0657. The van der Waals surface area contributed by atoms with Gasteiger partial charge in [0.2, 0.25) is 0 Å². The number of amides is 4. The molecule has 4 amide bonds. The molecule has 0 aromatic heterocycles. The van der Waals surface area contributed by atoms with Crippen LogP contribution in [0.2, 0.25) is 0 Å². The predicted molar refractivity (Wildman–Crippen MR) is 230 cm³/mol. The predicted octanol–water partition coefficient (Wildman–Crippen LogP) is 6.12. The molecule has 0 saturated heterocycles. The molecule has 52 heavy (non-hydrogen) atoms. The molecule has 4 aromatic rings. The van der Waals surface area contributed by atoms with Gasteiger partial charge >= 0.3 is 0 Å². The Kier molecular flexibility index (Phi) is 19.8. The fourth-order valence-electron chi connectivity index (χ4n) is 6.63. The molecule has 0 fully saturated rings. The number of rotatable bonds is 19. The van der Waals surface area contributed by atoms with Crippen LogP contribution in [-0.2, 0) is 0 Å². The van der Waals surface area contributed by atoms with Crippen LogP contribution < -0.4 is 21.3 Å². The van der Waals surface area contributed by atoms with E-state index in [1.165, 1.54) is 9.80 Å². The molecule has 2 heterocycles. The topological polar surface area (TPSA) is 123 Å². The third-order valence-corrected chi connectivity index (χ3v) is 9.11. The summed E-state index contributed by atoms with van der Waals surface area (Å²) >= 11 is 0. The van der Waals surface area contributed by atoms with Crippen LogP contribution in [0.25, 0.3) is 21.5 Å². The summed E-state index contributed by atoms with van der Waals surface area (Å²) < 4.78 is 0. The number of nitrogens with zero attached hydrogens (tertiary/aromatic N) is 2. The number of halogens is 4. The Bertz CT molecular complexity index is 1590. The van der Waals surface area contributed by atoms with Gasteiger partial charge in [-0.15, -0.1) is 67.9 Å². The van der Waals surface area contributed by atoms with Crippen LogP contribution in [0.3, 0.4) is 0 Å². The van der Waals surface area contributed by atoms with E-state index in [0.29, 0.717) is 48.4 Å². The van der Waals surface area contributed by atoms with Gasteiger partial charge in [0.1, 0.15) is 0 Å². The maximum absolute atomic E-state index is 13.0. The first-order chi connectivity index (χ1) is 23.6.